The molecule has 0 radical (unpaired) electrons. The number of amides is 1. The third kappa shape index (κ3) is 5.56. The van der Waals surface area contributed by atoms with Crippen molar-refractivity contribution in [2.75, 3.05) is 6.61 Å². The zero-order valence-electron chi connectivity index (χ0n) is 24.9. The van der Waals surface area contributed by atoms with Crippen molar-refractivity contribution in [3.63, 3.8) is 0 Å². The summed E-state index contributed by atoms with van der Waals surface area (Å²) in [6, 6.07) is 5.60. The van der Waals surface area contributed by atoms with E-state index in [2.05, 4.69) is 27.7 Å². The minimum atomic E-state index is -4.03. The molecule has 0 heterocycles. The molecule has 0 aromatic heterocycles. The van der Waals surface area contributed by atoms with Gasteiger partial charge >= 0.3 is 6.09 Å². The van der Waals surface area contributed by atoms with Gasteiger partial charge in [-0.25, -0.2) is 17.9 Å². The van der Waals surface area contributed by atoms with E-state index in [1.165, 1.54) is 24.3 Å². The second-order valence-electron chi connectivity index (χ2n) is 14.1. The number of benzene rings is 1. The first kappa shape index (κ1) is 31.1. The summed E-state index contributed by atoms with van der Waals surface area (Å²) in [4.78, 5) is 12.3. The number of nitrogens with one attached hydrogen (secondary N) is 1. The average Bonchev–Trinajstić information content (AvgIpc) is 3.27. The highest BCUT2D eigenvalue weighted by Crippen LogP contribution is 2.69. The number of aliphatic hydroxyl groups is 2. The number of sulfonamides is 1. The van der Waals surface area contributed by atoms with Crippen LogP contribution in [0.2, 0.25) is 5.02 Å². The van der Waals surface area contributed by atoms with Gasteiger partial charge in [0.2, 0.25) is 0 Å². The highest BCUT2D eigenvalue weighted by Gasteiger charge is 2.64. The number of rotatable bonds is 7. The molecule has 11 atom stereocenters. The lowest BCUT2D eigenvalue weighted by atomic mass is 9.41. The van der Waals surface area contributed by atoms with Crippen molar-refractivity contribution in [2.24, 2.45) is 52.3 Å². The maximum absolute atomic E-state index is 12.5. The summed E-state index contributed by atoms with van der Waals surface area (Å²) in [7, 11) is -4.03. The largest absolute Gasteiger partial charge is 0.449 e. The Labute approximate surface area is 250 Å². The normalized spacial score (nSPS) is 41.0. The van der Waals surface area contributed by atoms with Crippen molar-refractivity contribution < 1.29 is 28.2 Å². The molecule has 1 amide bonds. The molecule has 4 aliphatic carbocycles. The standard InChI is InChI=1S/C32H48ClNO6S/c1-5-23-27-18-21(35)12-15-32(27,4)26-13-16-31(3)24(10-11-25(31)28(26)29(23)36)19(2)14-17-40-30(37)34-41(38,39)22-8-6-20(33)7-9-22/h6-9,19,21,23-29,35-36H,5,10-18H2,1-4H3,(H,34,37)/t19-,21-,23-,24-,25+,26+,27+,28+,29-,31-,32-/m1/s1. The quantitative estimate of drug-likeness (QED) is 0.329. The van der Waals surface area contributed by atoms with Crippen molar-refractivity contribution in [1.29, 1.82) is 0 Å². The van der Waals surface area contributed by atoms with Crippen LogP contribution < -0.4 is 4.72 Å². The van der Waals surface area contributed by atoms with E-state index in [1.807, 2.05) is 4.72 Å². The summed E-state index contributed by atoms with van der Waals surface area (Å²) in [6.45, 7) is 9.47. The molecule has 41 heavy (non-hydrogen) atoms. The van der Waals surface area contributed by atoms with E-state index in [0.717, 1.165) is 51.4 Å². The van der Waals surface area contributed by atoms with Gasteiger partial charge in [0.1, 0.15) is 0 Å². The number of carbonyl (C=O) groups excluding carboxylic acids is 1. The number of halogens is 1. The maximum Gasteiger partial charge on any atom is 0.421 e. The number of aliphatic hydroxyl groups excluding tert-OH is 2. The van der Waals surface area contributed by atoms with Gasteiger partial charge in [-0.05, 0) is 128 Å². The van der Waals surface area contributed by atoms with E-state index in [-0.39, 0.29) is 40.5 Å². The van der Waals surface area contributed by atoms with Gasteiger partial charge in [0.15, 0.2) is 0 Å². The van der Waals surface area contributed by atoms with E-state index in [4.69, 9.17) is 16.3 Å². The molecular formula is C32H48ClNO6S. The van der Waals surface area contributed by atoms with E-state index in [9.17, 15) is 23.4 Å². The first-order valence-corrected chi connectivity index (χ1v) is 17.5. The van der Waals surface area contributed by atoms with Crippen LogP contribution in [0.1, 0.15) is 85.5 Å². The van der Waals surface area contributed by atoms with Crippen molar-refractivity contribution in [3.8, 4) is 0 Å². The SMILES string of the molecule is CC[C@H]1[C@@H](O)[C@@H]2[C@H](CC[C@]3(C)[C@@H]([C@H](C)CCOC(=O)NS(=O)(=O)c4ccc(Cl)cc4)CC[C@@H]23)[C@@]2(C)CC[C@@H](O)C[C@@H]12. The molecule has 0 unspecified atom stereocenters. The summed E-state index contributed by atoms with van der Waals surface area (Å²) in [6.07, 6.45) is 7.32. The Morgan fingerprint density at radius 2 is 1.71 bits per heavy atom. The summed E-state index contributed by atoms with van der Waals surface area (Å²) in [5.74, 6) is 2.66. The molecule has 9 heteroatoms. The predicted molar refractivity (Wildman–Crippen MR) is 159 cm³/mol. The van der Waals surface area contributed by atoms with Crippen molar-refractivity contribution in [3.05, 3.63) is 29.3 Å². The lowest BCUT2D eigenvalue weighted by molar-refractivity contribution is -0.203. The average molecular weight is 610 g/mol. The van der Waals surface area contributed by atoms with Crippen molar-refractivity contribution in [1.82, 2.24) is 4.72 Å². The lowest BCUT2D eigenvalue weighted by Gasteiger charge is -2.64. The molecule has 1 aromatic rings. The minimum absolute atomic E-state index is 0.0486. The second-order valence-corrected chi connectivity index (χ2v) is 16.2. The van der Waals surface area contributed by atoms with Gasteiger partial charge in [0.25, 0.3) is 10.0 Å². The van der Waals surface area contributed by atoms with Gasteiger partial charge in [-0.3, -0.25) is 0 Å². The molecular weight excluding hydrogens is 562 g/mol. The third-order valence-corrected chi connectivity index (χ3v) is 13.9. The Hall–Kier alpha value is -1.35. The lowest BCUT2D eigenvalue weighted by Crippen LogP contribution is -2.62. The molecule has 4 saturated carbocycles. The topological polar surface area (TPSA) is 113 Å². The molecule has 4 aliphatic rings. The van der Waals surface area contributed by atoms with Crippen molar-refractivity contribution >= 4 is 27.7 Å². The van der Waals surface area contributed by atoms with Gasteiger partial charge < -0.3 is 14.9 Å². The minimum Gasteiger partial charge on any atom is -0.449 e. The number of hydrogen-bond donors (Lipinski definition) is 3. The van der Waals surface area contributed by atoms with Crippen LogP contribution in [0.15, 0.2) is 29.2 Å². The molecule has 230 valence electrons. The van der Waals surface area contributed by atoms with Gasteiger partial charge in [-0.15, -0.1) is 0 Å². The van der Waals surface area contributed by atoms with Crippen LogP contribution in [-0.4, -0.2) is 43.5 Å². The van der Waals surface area contributed by atoms with Crippen LogP contribution >= 0.6 is 11.6 Å². The Morgan fingerprint density at radius 1 is 1.05 bits per heavy atom. The fourth-order valence-electron chi connectivity index (χ4n) is 10.3. The van der Waals surface area contributed by atoms with Crippen LogP contribution in [0.25, 0.3) is 0 Å². The number of ether oxygens (including phenoxy) is 1. The zero-order chi connectivity index (χ0) is 29.7. The monoisotopic (exact) mass is 609 g/mol. The smallest absolute Gasteiger partial charge is 0.421 e. The molecule has 4 fully saturated rings. The fourth-order valence-corrected chi connectivity index (χ4v) is 11.3. The van der Waals surface area contributed by atoms with Crippen LogP contribution in [0.5, 0.6) is 0 Å². The molecule has 0 bridgehead atoms. The molecule has 0 saturated heterocycles. The molecule has 0 aliphatic heterocycles. The Balaban J connectivity index is 1.22. The summed E-state index contributed by atoms with van der Waals surface area (Å²) in [5.41, 5.74) is 0.305. The number of fused-ring (bicyclic) bond motifs is 5. The Bertz CT molecular complexity index is 1210. The maximum atomic E-state index is 12.5. The summed E-state index contributed by atoms with van der Waals surface area (Å²) in [5, 5.41) is 22.8. The molecule has 3 N–H and O–H groups in total. The van der Waals surface area contributed by atoms with E-state index in [0.29, 0.717) is 47.0 Å². The van der Waals surface area contributed by atoms with E-state index in [1.54, 1.807) is 0 Å². The number of carbonyl (C=O) groups is 1. The first-order valence-electron chi connectivity index (χ1n) is 15.6. The zero-order valence-corrected chi connectivity index (χ0v) is 26.5. The van der Waals surface area contributed by atoms with Crippen LogP contribution in [0.4, 0.5) is 4.79 Å². The van der Waals surface area contributed by atoms with Crippen LogP contribution in [0, 0.1) is 52.3 Å². The molecule has 7 nitrogen and oxygen atoms in total. The molecule has 5 rings (SSSR count). The first-order chi connectivity index (χ1) is 19.3. The van der Waals surface area contributed by atoms with Crippen LogP contribution in [-0.2, 0) is 14.8 Å². The van der Waals surface area contributed by atoms with Crippen LogP contribution in [0.3, 0.4) is 0 Å². The van der Waals surface area contributed by atoms with Gasteiger partial charge in [-0.1, -0.05) is 45.7 Å². The summed E-state index contributed by atoms with van der Waals surface area (Å²) >= 11 is 5.84. The fraction of sp³-hybridized carbons (Fsp3) is 0.781. The van der Waals surface area contributed by atoms with Crippen molar-refractivity contribution in [2.45, 2.75) is 103 Å². The van der Waals surface area contributed by atoms with Gasteiger partial charge in [0.05, 0.1) is 23.7 Å². The second kappa shape index (κ2) is 11.6. The van der Waals surface area contributed by atoms with E-state index < -0.39 is 16.1 Å². The Morgan fingerprint density at radius 3 is 2.39 bits per heavy atom. The molecule has 1 aromatic carbocycles. The van der Waals surface area contributed by atoms with Gasteiger partial charge in [-0.2, -0.15) is 0 Å². The Kier molecular flexibility index (Phi) is 8.81. The third-order valence-electron chi connectivity index (χ3n) is 12.3. The molecule has 0 spiro atoms. The van der Waals surface area contributed by atoms with E-state index >= 15 is 0 Å². The summed E-state index contributed by atoms with van der Waals surface area (Å²) < 4.78 is 32.3. The predicted octanol–water partition coefficient (Wildman–Crippen LogP) is 6.41. The highest BCUT2D eigenvalue weighted by molar-refractivity contribution is 7.90. The van der Waals surface area contributed by atoms with Gasteiger partial charge in [0, 0.05) is 5.02 Å². The highest BCUT2D eigenvalue weighted by atomic mass is 35.5. The number of hydrogen-bond acceptors (Lipinski definition) is 6.